The number of carbonyl (C=O) groups excluding carboxylic acids is 1. The van der Waals surface area contributed by atoms with Crippen molar-refractivity contribution >= 4 is 16.7 Å². The van der Waals surface area contributed by atoms with Crippen molar-refractivity contribution in [3.05, 3.63) is 65.9 Å². The molecule has 0 unspecified atom stereocenters. The molecule has 1 saturated heterocycles. The fraction of sp³-hybridized carbons (Fsp3) is 0.333. The number of halogens is 3. The average Bonchev–Trinajstić information content (AvgIpc) is 2.79. The minimum absolute atomic E-state index is 0.139. The van der Waals surface area contributed by atoms with E-state index in [1.165, 1.54) is 6.20 Å². The number of nitrogens with zero attached hydrogens (tertiary/aromatic N) is 2. The molecule has 0 atom stereocenters. The Morgan fingerprint density at radius 1 is 1.09 bits per heavy atom. The lowest BCUT2D eigenvalue weighted by Gasteiger charge is -2.33. The normalized spacial score (nSPS) is 15.6. The summed E-state index contributed by atoms with van der Waals surface area (Å²) in [6, 6.07) is 14.9. The van der Waals surface area contributed by atoms with Crippen LogP contribution in [0.25, 0.3) is 10.8 Å². The second-order valence-corrected chi connectivity index (χ2v) is 7.93. The lowest BCUT2D eigenvalue weighted by Crippen LogP contribution is -2.38. The molecule has 1 aliphatic heterocycles. The van der Waals surface area contributed by atoms with Crippen LogP contribution < -0.4 is 10.1 Å². The molecule has 0 bridgehead atoms. The number of alkyl halides is 3. The van der Waals surface area contributed by atoms with E-state index in [0.29, 0.717) is 36.8 Å². The Hall–Kier alpha value is -3.13. The molecule has 2 aromatic carbocycles. The maximum absolute atomic E-state index is 12.9. The molecule has 0 saturated carbocycles. The summed E-state index contributed by atoms with van der Waals surface area (Å²) in [5.41, 5.74) is 1.48. The minimum Gasteiger partial charge on any atom is -0.438 e. The highest BCUT2D eigenvalue weighted by atomic mass is 19.4. The van der Waals surface area contributed by atoms with Crippen LogP contribution in [0, 0.1) is 5.92 Å². The number of fused-ring (bicyclic) bond motifs is 1. The fourth-order valence-corrected chi connectivity index (χ4v) is 4.06. The molecule has 0 spiro atoms. The van der Waals surface area contributed by atoms with Crippen LogP contribution in [0.1, 0.15) is 28.8 Å². The lowest BCUT2D eigenvalue weighted by atomic mass is 9.95. The lowest BCUT2D eigenvalue weighted by molar-refractivity contribution is -0.185. The first-order valence-electron chi connectivity index (χ1n) is 10.5. The van der Waals surface area contributed by atoms with E-state index in [2.05, 4.69) is 15.2 Å². The van der Waals surface area contributed by atoms with Crippen molar-refractivity contribution < 1.29 is 22.7 Å². The van der Waals surface area contributed by atoms with Crippen LogP contribution in [-0.2, 0) is 6.54 Å². The van der Waals surface area contributed by atoms with Gasteiger partial charge in [0.1, 0.15) is 5.75 Å². The monoisotopic (exact) mass is 443 g/mol. The van der Waals surface area contributed by atoms with Crippen molar-refractivity contribution in [1.82, 2.24) is 15.2 Å². The first-order chi connectivity index (χ1) is 15.3. The molecule has 3 aromatic rings. The molecule has 0 radical (unpaired) electrons. The summed E-state index contributed by atoms with van der Waals surface area (Å²) in [6.45, 7) is 1.45. The summed E-state index contributed by atoms with van der Waals surface area (Å²) in [5, 5.41) is 4.43. The molecule has 1 aliphatic rings. The van der Waals surface area contributed by atoms with Gasteiger partial charge in [-0.25, -0.2) is 4.98 Å². The Morgan fingerprint density at radius 2 is 1.81 bits per heavy atom. The largest absolute Gasteiger partial charge is 0.438 e. The topological polar surface area (TPSA) is 54.5 Å². The standard InChI is InChI=1S/C24H24F3N3O2/c1-28-23(31)16-8-9-22(29-14-16)32-21-7-3-5-19-17(4-2-6-20(19)21)15-30-12-10-18(11-13-30)24(25,26)27/h2-9,14,18H,10-13,15H2,1H3,(H,28,31). The number of rotatable bonds is 5. The van der Waals surface area contributed by atoms with Gasteiger partial charge in [-0.05, 0) is 49.0 Å². The van der Waals surface area contributed by atoms with Gasteiger partial charge in [-0.1, -0.05) is 30.3 Å². The van der Waals surface area contributed by atoms with Crippen molar-refractivity contribution in [3.63, 3.8) is 0 Å². The smallest absolute Gasteiger partial charge is 0.391 e. The fourth-order valence-electron chi connectivity index (χ4n) is 4.06. The van der Waals surface area contributed by atoms with E-state index in [4.69, 9.17) is 4.74 Å². The molecule has 168 valence electrons. The molecule has 1 amide bonds. The summed E-state index contributed by atoms with van der Waals surface area (Å²) < 4.78 is 44.8. The van der Waals surface area contributed by atoms with Crippen molar-refractivity contribution in [3.8, 4) is 11.6 Å². The van der Waals surface area contributed by atoms with Gasteiger partial charge in [0.2, 0.25) is 5.88 Å². The number of pyridine rings is 1. The van der Waals surface area contributed by atoms with Crippen molar-refractivity contribution in [2.24, 2.45) is 5.92 Å². The van der Waals surface area contributed by atoms with E-state index in [9.17, 15) is 18.0 Å². The number of carbonyl (C=O) groups is 1. The van der Waals surface area contributed by atoms with Gasteiger partial charge < -0.3 is 10.1 Å². The maximum Gasteiger partial charge on any atom is 0.391 e. The molecule has 1 N–H and O–H groups in total. The van der Waals surface area contributed by atoms with E-state index in [1.807, 2.05) is 36.4 Å². The number of benzene rings is 2. The zero-order chi connectivity index (χ0) is 22.7. The van der Waals surface area contributed by atoms with Gasteiger partial charge in [-0.15, -0.1) is 0 Å². The van der Waals surface area contributed by atoms with Gasteiger partial charge in [0.15, 0.2) is 0 Å². The highest BCUT2D eigenvalue weighted by Crippen LogP contribution is 2.35. The highest BCUT2D eigenvalue weighted by molar-refractivity contribution is 5.93. The summed E-state index contributed by atoms with van der Waals surface area (Å²) in [6.07, 6.45) is -2.37. The van der Waals surface area contributed by atoms with E-state index in [-0.39, 0.29) is 18.7 Å². The van der Waals surface area contributed by atoms with Crippen LogP contribution in [0.4, 0.5) is 13.2 Å². The highest BCUT2D eigenvalue weighted by Gasteiger charge is 2.40. The maximum atomic E-state index is 12.9. The summed E-state index contributed by atoms with van der Waals surface area (Å²) in [5.74, 6) is -0.434. The van der Waals surface area contributed by atoms with E-state index in [1.54, 1.807) is 19.2 Å². The molecule has 8 heteroatoms. The number of aromatic nitrogens is 1. The van der Waals surface area contributed by atoms with Gasteiger partial charge in [0, 0.05) is 31.2 Å². The number of likely N-dealkylation sites (tertiary alicyclic amines) is 1. The number of piperidine rings is 1. The zero-order valence-electron chi connectivity index (χ0n) is 17.7. The SMILES string of the molecule is CNC(=O)c1ccc(Oc2cccc3c(CN4CCC(C(F)(F)F)CC4)cccc23)nc1. The first kappa shape index (κ1) is 22.1. The van der Waals surface area contributed by atoms with E-state index in [0.717, 1.165) is 16.3 Å². The van der Waals surface area contributed by atoms with Crippen molar-refractivity contribution in [2.45, 2.75) is 25.6 Å². The Morgan fingerprint density at radius 3 is 2.47 bits per heavy atom. The van der Waals surface area contributed by atoms with Crippen LogP contribution in [0.15, 0.2) is 54.7 Å². The average molecular weight is 443 g/mol. The third kappa shape index (κ3) is 4.85. The van der Waals surface area contributed by atoms with Gasteiger partial charge in [0.25, 0.3) is 5.91 Å². The molecule has 1 aromatic heterocycles. The molecule has 32 heavy (non-hydrogen) atoms. The molecular weight excluding hydrogens is 419 g/mol. The Labute approximate surface area is 184 Å². The molecular formula is C24H24F3N3O2. The van der Waals surface area contributed by atoms with Crippen LogP contribution in [0.5, 0.6) is 11.6 Å². The van der Waals surface area contributed by atoms with Crippen LogP contribution >= 0.6 is 0 Å². The summed E-state index contributed by atoms with van der Waals surface area (Å²) in [7, 11) is 1.55. The number of hydrogen-bond acceptors (Lipinski definition) is 4. The third-order valence-corrected chi connectivity index (χ3v) is 5.86. The molecule has 4 rings (SSSR count). The number of ether oxygens (including phenoxy) is 1. The van der Waals surface area contributed by atoms with Gasteiger partial charge in [-0.3, -0.25) is 9.69 Å². The molecule has 5 nitrogen and oxygen atoms in total. The predicted octanol–water partition coefficient (Wildman–Crippen LogP) is 5.16. The van der Waals surface area contributed by atoms with E-state index < -0.39 is 12.1 Å². The third-order valence-electron chi connectivity index (χ3n) is 5.86. The van der Waals surface area contributed by atoms with Gasteiger partial charge in [-0.2, -0.15) is 13.2 Å². The van der Waals surface area contributed by atoms with Gasteiger partial charge in [0.05, 0.1) is 11.5 Å². The van der Waals surface area contributed by atoms with E-state index >= 15 is 0 Å². The summed E-state index contributed by atoms with van der Waals surface area (Å²) in [4.78, 5) is 18.0. The predicted molar refractivity (Wildman–Crippen MR) is 116 cm³/mol. The molecule has 0 aliphatic carbocycles. The number of amides is 1. The second kappa shape index (κ2) is 9.16. The quantitative estimate of drug-likeness (QED) is 0.592. The second-order valence-electron chi connectivity index (χ2n) is 7.93. The number of hydrogen-bond donors (Lipinski definition) is 1. The summed E-state index contributed by atoms with van der Waals surface area (Å²) >= 11 is 0. The zero-order valence-corrected chi connectivity index (χ0v) is 17.7. The molecule has 2 heterocycles. The Balaban J connectivity index is 1.51. The first-order valence-corrected chi connectivity index (χ1v) is 10.5. The Kier molecular flexibility index (Phi) is 6.32. The van der Waals surface area contributed by atoms with Crippen LogP contribution in [-0.4, -0.2) is 42.1 Å². The van der Waals surface area contributed by atoms with Crippen LogP contribution in [0.2, 0.25) is 0 Å². The van der Waals surface area contributed by atoms with Crippen molar-refractivity contribution in [2.75, 3.05) is 20.1 Å². The van der Waals surface area contributed by atoms with Crippen LogP contribution in [0.3, 0.4) is 0 Å². The Bertz CT molecular complexity index is 1090. The minimum atomic E-state index is -4.11. The molecule has 1 fully saturated rings. The number of nitrogens with one attached hydrogen (secondary N) is 1. The van der Waals surface area contributed by atoms with Gasteiger partial charge >= 0.3 is 6.18 Å². The van der Waals surface area contributed by atoms with Crippen molar-refractivity contribution in [1.29, 1.82) is 0 Å².